The summed E-state index contributed by atoms with van der Waals surface area (Å²) in [6, 6.07) is 9.81. The Morgan fingerprint density at radius 3 is 2.77 bits per heavy atom. The van der Waals surface area contributed by atoms with E-state index < -0.39 is 11.9 Å². The van der Waals surface area contributed by atoms with Crippen molar-refractivity contribution in [3.63, 3.8) is 0 Å². The number of fused-ring (bicyclic) bond motifs is 5. The van der Waals surface area contributed by atoms with E-state index in [0.717, 1.165) is 17.4 Å². The summed E-state index contributed by atoms with van der Waals surface area (Å²) in [4.78, 5) is 13.1. The van der Waals surface area contributed by atoms with Crippen LogP contribution in [0, 0.1) is 6.92 Å². The molecule has 5 aromatic heterocycles. The molecule has 0 aliphatic rings. The van der Waals surface area contributed by atoms with Crippen molar-refractivity contribution in [1.29, 1.82) is 0 Å². The van der Waals surface area contributed by atoms with Crippen LogP contribution in [0.5, 0.6) is 5.75 Å². The molecule has 0 bridgehead atoms. The number of hydrogen-bond acceptors (Lipinski definition) is 7. The van der Waals surface area contributed by atoms with Crippen molar-refractivity contribution >= 4 is 49.0 Å². The Hall–Kier alpha value is -3.77. The monoisotopic (exact) mass is 515 g/mol. The molecule has 0 unspecified atom stereocenters. The lowest BCUT2D eigenvalue weighted by Crippen LogP contribution is -2.07. The van der Waals surface area contributed by atoms with Crippen LogP contribution >= 0.6 is 22.9 Å². The number of thiophene rings is 1. The van der Waals surface area contributed by atoms with Crippen LogP contribution in [-0.2, 0) is 12.9 Å². The molecule has 1 aromatic carbocycles. The molecule has 0 aliphatic carbocycles. The highest BCUT2D eigenvalue weighted by Gasteiger charge is 2.33. The standard InChI is InChI=1S/C22H13ClF3N7OS/c1-11-7-15(22(24,25)26)28-21-16(11)17-18(35-21)20-29-19(31-33(20)9-27-17)14-5-6-32(30-14)10-34-13-4-2-3-12(23)8-13/h2-9H,10H2,1H3. The highest BCUT2D eigenvalue weighted by atomic mass is 35.5. The minimum absolute atomic E-state index is 0.155. The lowest BCUT2D eigenvalue weighted by molar-refractivity contribution is -0.141. The first-order chi connectivity index (χ1) is 16.8. The van der Waals surface area contributed by atoms with Crippen molar-refractivity contribution in [3.8, 4) is 17.3 Å². The topological polar surface area (TPSA) is 83.0 Å². The van der Waals surface area contributed by atoms with Gasteiger partial charge in [0.1, 0.15) is 33.0 Å². The zero-order valence-corrected chi connectivity index (χ0v) is 19.4. The van der Waals surface area contributed by atoms with Gasteiger partial charge in [0.25, 0.3) is 0 Å². The lowest BCUT2D eigenvalue weighted by Gasteiger charge is -2.06. The summed E-state index contributed by atoms with van der Waals surface area (Å²) >= 11 is 7.08. The van der Waals surface area contributed by atoms with Crippen molar-refractivity contribution in [3.05, 3.63) is 65.2 Å². The zero-order chi connectivity index (χ0) is 24.3. The second-order valence-corrected chi connectivity index (χ2v) is 9.14. The molecule has 0 N–H and O–H groups in total. The van der Waals surface area contributed by atoms with Gasteiger partial charge >= 0.3 is 6.18 Å². The number of ether oxygens (including phenoxy) is 1. The number of aromatic nitrogens is 7. The molecule has 8 nitrogen and oxygen atoms in total. The van der Waals surface area contributed by atoms with Crippen LogP contribution in [0.25, 0.3) is 37.6 Å². The van der Waals surface area contributed by atoms with Crippen molar-refractivity contribution < 1.29 is 17.9 Å². The molecule has 0 aliphatic heterocycles. The van der Waals surface area contributed by atoms with Gasteiger partial charge in [-0.3, -0.25) is 0 Å². The van der Waals surface area contributed by atoms with E-state index >= 15 is 0 Å². The summed E-state index contributed by atoms with van der Waals surface area (Å²) in [6.07, 6.45) is -1.32. The number of alkyl halides is 3. The number of halogens is 4. The second-order valence-electron chi connectivity index (χ2n) is 7.70. The third-order valence-corrected chi connectivity index (χ3v) is 6.59. The van der Waals surface area contributed by atoms with E-state index in [1.54, 1.807) is 48.1 Å². The molecule has 0 amide bonds. The Labute approximate surface area is 203 Å². The highest BCUT2D eigenvalue weighted by molar-refractivity contribution is 7.26. The molecule has 5 heterocycles. The van der Waals surface area contributed by atoms with Crippen LogP contribution in [0.1, 0.15) is 11.3 Å². The summed E-state index contributed by atoms with van der Waals surface area (Å²) in [6.45, 7) is 1.77. The number of benzene rings is 1. The largest absolute Gasteiger partial charge is 0.471 e. The van der Waals surface area contributed by atoms with Gasteiger partial charge in [0.05, 0.1) is 5.52 Å². The minimum atomic E-state index is -4.53. The molecule has 176 valence electrons. The average Bonchev–Trinajstić information content (AvgIpc) is 3.52. The van der Waals surface area contributed by atoms with Gasteiger partial charge < -0.3 is 4.74 Å². The summed E-state index contributed by atoms with van der Waals surface area (Å²) in [7, 11) is 0. The SMILES string of the molecule is Cc1cc(C(F)(F)F)nc2sc3c(ncn4nc(-c5ccn(COc6cccc(Cl)c6)n5)nc34)c12. The number of aryl methyl sites for hydroxylation is 1. The van der Waals surface area contributed by atoms with E-state index in [9.17, 15) is 13.2 Å². The predicted molar refractivity (Wildman–Crippen MR) is 125 cm³/mol. The summed E-state index contributed by atoms with van der Waals surface area (Å²) in [5.41, 5.74) is 1.02. The normalized spacial score (nSPS) is 12.3. The van der Waals surface area contributed by atoms with Crippen LogP contribution in [0.2, 0.25) is 5.02 Å². The first-order valence-corrected chi connectivity index (χ1v) is 11.4. The fourth-order valence-corrected chi connectivity index (χ4v) is 5.07. The van der Waals surface area contributed by atoms with E-state index in [0.29, 0.717) is 49.1 Å². The van der Waals surface area contributed by atoms with Crippen LogP contribution in [0.3, 0.4) is 0 Å². The van der Waals surface area contributed by atoms with Crippen molar-refractivity contribution in [2.24, 2.45) is 0 Å². The maximum atomic E-state index is 13.2. The van der Waals surface area contributed by atoms with Crippen molar-refractivity contribution in [2.75, 3.05) is 0 Å². The van der Waals surface area contributed by atoms with Gasteiger partial charge in [0.2, 0.25) is 5.82 Å². The van der Waals surface area contributed by atoms with Crippen LogP contribution < -0.4 is 4.74 Å². The molecule has 0 radical (unpaired) electrons. The first-order valence-electron chi connectivity index (χ1n) is 10.2. The molecule has 0 saturated heterocycles. The van der Waals surface area contributed by atoms with Gasteiger partial charge in [0, 0.05) is 16.6 Å². The maximum Gasteiger partial charge on any atom is 0.433 e. The molecule has 6 aromatic rings. The predicted octanol–water partition coefficient (Wildman–Crippen LogP) is 5.77. The van der Waals surface area contributed by atoms with Gasteiger partial charge in [-0.05, 0) is 42.8 Å². The van der Waals surface area contributed by atoms with Gasteiger partial charge in [-0.2, -0.15) is 18.3 Å². The quantitative estimate of drug-likeness (QED) is 0.296. The minimum Gasteiger partial charge on any atom is -0.471 e. The Kier molecular flexibility index (Phi) is 4.90. The van der Waals surface area contributed by atoms with E-state index in [-0.39, 0.29) is 11.6 Å². The van der Waals surface area contributed by atoms with Gasteiger partial charge in [-0.15, -0.1) is 16.4 Å². The molecular weight excluding hydrogens is 503 g/mol. The third kappa shape index (κ3) is 3.84. The van der Waals surface area contributed by atoms with Crippen molar-refractivity contribution in [2.45, 2.75) is 19.8 Å². The Morgan fingerprint density at radius 1 is 1.11 bits per heavy atom. The molecule has 13 heteroatoms. The van der Waals surface area contributed by atoms with Gasteiger partial charge in [-0.1, -0.05) is 17.7 Å². The van der Waals surface area contributed by atoms with Gasteiger partial charge in [-0.25, -0.2) is 24.1 Å². The van der Waals surface area contributed by atoms with Crippen LogP contribution in [0.4, 0.5) is 13.2 Å². The van der Waals surface area contributed by atoms with E-state index in [1.165, 1.54) is 10.8 Å². The summed E-state index contributed by atoms with van der Waals surface area (Å²) in [5.74, 6) is 0.954. The maximum absolute atomic E-state index is 13.2. The molecule has 0 fully saturated rings. The lowest BCUT2D eigenvalue weighted by atomic mass is 10.1. The smallest absolute Gasteiger partial charge is 0.433 e. The van der Waals surface area contributed by atoms with Crippen LogP contribution in [-0.4, -0.2) is 34.3 Å². The molecule has 6 rings (SSSR count). The fourth-order valence-electron chi connectivity index (χ4n) is 3.71. The average molecular weight is 516 g/mol. The fraction of sp³-hybridized carbons (Fsp3) is 0.136. The van der Waals surface area contributed by atoms with E-state index in [2.05, 4.69) is 25.1 Å². The van der Waals surface area contributed by atoms with E-state index in [4.69, 9.17) is 16.3 Å². The Morgan fingerprint density at radius 2 is 1.97 bits per heavy atom. The van der Waals surface area contributed by atoms with Crippen LogP contribution in [0.15, 0.2) is 48.9 Å². The number of rotatable bonds is 4. The number of hydrogen-bond donors (Lipinski definition) is 0. The van der Waals surface area contributed by atoms with Crippen molar-refractivity contribution in [1.82, 2.24) is 34.3 Å². The second kappa shape index (κ2) is 7.89. The number of nitrogens with zero attached hydrogens (tertiary/aromatic N) is 7. The molecule has 0 saturated carbocycles. The highest BCUT2D eigenvalue weighted by Crippen LogP contribution is 2.38. The molecular formula is C22H13ClF3N7OS. The third-order valence-electron chi connectivity index (χ3n) is 5.28. The first kappa shape index (κ1) is 21.7. The Bertz CT molecular complexity index is 1740. The van der Waals surface area contributed by atoms with E-state index in [1.807, 2.05) is 0 Å². The molecule has 35 heavy (non-hydrogen) atoms. The summed E-state index contributed by atoms with van der Waals surface area (Å²) < 4.78 is 49.1. The van der Waals surface area contributed by atoms with Gasteiger partial charge in [0.15, 0.2) is 12.4 Å². The molecule has 0 spiro atoms. The number of pyridine rings is 1. The molecule has 0 atom stereocenters. The summed E-state index contributed by atoms with van der Waals surface area (Å²) in [5, 5.41) is 10.0. The Balaban J connectivity index is 1.36. The zero-order valence-electron chi connectivity index (χ0n) is 17.8.